The average Bonchev–Trinajstić information content (AvgIpc) is 2.23. The Labute approximate surface area is 116 Å². The van der Waals surface area contributed by atoms with E-state index in [0.717, 1.165) is 6.42 Å². The van der Waals surface area contributed by atoms with E-state index in [1.165, 1.54) is 0 Å². The first-order chi connectivity index (χ1) is 7.76. The number of hydrogen-bond donors (Lipinski definition) is 3. The maximum atomic E-state index is 11.5. The number of rotatable bonds is 7. The van der Waals surface area contributed by atoms with Crippen molar-refractivity contribution in [2.45, 2.75) is 46.1 Å². The third kappa shape index (κ3) is 10.4. The monoisotopic (exact) mass is 279 g/mol. The molecule has 0 bridgehead atoms. The Balaban J connectivity index is 0. The maximum absolute atomic E-state index is 11.5. The van der Waals surface area contributed by atoms with E-state index in [1.807, 2.05) is 13.8 Å². The minimum absolute atomic E-state index is 0. The van der Waals surface area contributed by atoms with Gasteiger partial charge in [-0.25, -0.2) is 0 Å². The molecule has 0 aromatic carbocycles. The van der Waals surface area contributed by atoms with Gasteiger partial charge in [-0.05, 0) is 26.2 Å². The van der Waals surface area contributed by atoms with Crippen molar-refractivity contribution in [1.29, 1.82) is 0 Å². The molecule has 5 nitrogen and oxygen atoms in total. The van der Waals surface area contributed by atoms with Gasteiger partial charge in [0.25, 0.3) is 0 Å². The second kappa shape index (κ2) is 9.16. The van der Waals surface area contributed by atoms with Crippen LogP contribution in [0, 0.1) is 5.92 Å². The molecule has 0 saturated carbocycles. The Morgan fingerprint density at radius 2 is 1.78 bits per heavy atom. The van der Waals surface area contributed by atoms with E-state index in [1.54, 1.807) is 0 Å². The number of hydrogen-bond acceptors (Lipinski definition) is 3. The van der Waals surface area contributed by atoms with Crippen LogP contribution in [0.25, 0.3) is 0 Å². The lowest BCUT2D eigenvalue weighted by Crippen LogP contribution is -2.51. The SMILES string of the molecule is CC(C)CCC(=O)NCC(=O)NC(C)(C)CN.Cl. The Hall–Kier alpha value is -0.810. The smallest absolute Gasteiger partial charge is 0.239 e. The predicted molar refractivity (Wildman–Crippen MR) is 75.6 cm³/mol. The van der Waals surface area contributed by atoms with E-state index in [0.29, 0.717) is 18.9 Å². The van der Waals surface area contributed by atoms with Crippen molar-refractivity contribution in [2.24, 2.45) is 11.7 Å². The standard InChI is InChI=1S/C12H25N3O2.ClH/c1-9(2)5-6-10(16)14-7-11(17)15-12(3,4)8-13;/h9H,5-8,13H2,1-4H3,(H,14,16)(H,15,17);1H. The highest BCUT2D eigenvalue weighted by atomic mass is 35.5. The second-order valence-electron chi connectivity index (χ2n) is 5.35. The Morgan fingerprint density at radius 1 is 1.22 bits per heavy atom. The zero-order valence-corrected chi connectivity index (χ0v) is 12.5. The number of halogens is 1. The van der Waals surface area contributed by atoms with Crippen LogP contribution in [-0.4, -0.2) is 30.4 Å². The van der Waals surface area contributed by atoms with Crippen molar-refractivity contribution in [3.05, 3.63) is 0 Å². The summed E-state index contributed by atoms with van der Waals surface area (Å²) >= 11 is 0. The molecule has 6 heteroatoms. The van der Waals surface area contributed by atoms with Gasteiger partial charge in [0, 0.05) is 18.5 Å². The average molecular weight is 280 g/mol. The molecule has 0 aliphatic heterocycles. The van der Waals surface area contributed by atoms with Crippen LogP contribution < -0.4 is 16.4 Å². The molecule has 0 aromatic rings. The summed E-state index contributed by atoms with van der Waals surface area (Å²) in [5, 5.41) is 5.34. The van der Waals surface area contributed by atoms with Crippen LogP contribution in [0.15, 0.2) is 0 Å². The maximum Gasteiger partial charge on any atom is 0.239 e. The summed E-state index contributed by atoms with van der Waals surface area (Å²) in [6.07, 6.45) is 1.30. The van der Waals surface area contributed by atoms with Crippen LogP contribution in [-0.2, 0) is 9.59 Å². The predicted octanol–water partition coefficient (Wildman–Crippen LogP) is 0.814. The van der Waals surface area contributed by atoms with Gasteiger partial charge >= 0.3 is 0 Å². The van der Waals surface area contributed by atoms with Gasteiger partial charge in [0.1, 0.15) is 0 Å². The Kier molecular flexibility index (Phi) is 9.94. The summed E-state index contributed by atoms with van der Waals surface area (Å²) in [4.78, 5) is 22.9. The van der Waals surface area contributed by atoms with Gasteiger partial charge in [-0.15, -0.1) is 12.4 Å². The quantitative estimate of drug-likeness (QED) is 0.645. The fourth-order valence-electron chi connectivity index (χ4n) is 1.16. The first-order valence-corrected chi connectivity index (χ1v) is 6.04. The molecule has 18 heavy (non-hydrogen) atoms. The van der Waals surface area contributed by atoms with Crippen LogP contribution in [0.4, 0.5) is 0 Å². The number of nitrogens with one attached hydrogen (secondary N) is 2. The van der Waals surface area contributed by atoms with E-state index >= 15 is 0 Å². The van der Waals surface area contributed by atoms with Crippen LogP contribution in [0.5, 0.6) is 0 Å². The summed E-state index contributed by atoms with van der Waals surface area (Å²) in [6, 6.07) is 0. The minimum Gasteiger partial charge on any atom is -0.348 e. The molecule has 0 saturated heterocycles. The minimum atomic E-state index is -0.431. The van der Waals surface area contributed by atoms with Crippen molar-refractivity contribution in [1.82, 2.24) is 10.6 Å². The van der Waals surface area contributed by atoms with Gasteiger partial charge in [0.05, 0.1) is 6.54 Å². The molecule has 0 aliphatic carbocycles. The zero-order valence-electron chi connectivity index (χ0n) is 11.7. The van der Waals surface area contributed by atoms with E-state index in [2.05, 4.69) is 24.5 Å². The molecule has 0 atom stereocenters. The highest BCUT2D eigenvalue weighted by Crippen LogP contribution is 2.02. The molecule has 0 aromatic heterocycles. The third-order valence-corrected chi connectivity index (χ3v) is 2.38. The largest absolute Gasteiger partial charge is 0.348 e. The summed E-state index contributed by atoms with van der Waals surface area (Å²) in [5.41, 5.74) is 5.06. The molecule has 108 valence electrons. The Bertz CT molecular complexity index is 268. The number of carbonyl (C=O) groups excluding carboxylic acids is 2. The molecule has 2 amide bonds. The molecule has 4 N–H and O–H groups in total. The molecule has 0 aliphatic rings. The van der Waals surface area contributed by atoms with Crippen LogP contribution in [0.1, 0.15) is 40.5 Å². The van der Waals surface area contributed by atoms with Gasteiger partial charge < -0.3 is 16.4 Å². The molecule has 0 unspecified atom stereocenters. The van der Waals surface area contributed by atoms with Gasteiger partial charge in [-0.1, -0.05) is 13.8 Å². The molecule has 0 radical (unpaired) electrons. The Morgan fingerprint density at radius 3 is 2.22 bits per heavy atom. The lowest BCUT2D eigenvalue weighted by atomic mass is 10.1. The van der Waals surface area contributed by atoms with E-state index in [-0.39, 0.29) is 30.8 Å². The summed E-state index contributed by atoms with van der Waals surface area (Å²) in [6.45, 7) is 8.17. The molecule has 0 spiro atoms. The molecule has 0 rings (SSSR count). The van der Waals surface area contributed by atoms with Crippen LogP contribution in [0.3, 0.4) is 0 Å². The van der Waals surface area contributed by atoms with Gasteiger partial charge in [0.2, 0.25) is 11.8 Å². The second-order valence-corrected chi connectivity index (χ2v) is 5.35. The number of carbonyl (C=O) groups is 2. The fourth-order valence-corrected chi connectivity index (χ4v) is 1.16. The number of amides is 2. The molecular weight excluding hydrogens is 254 g/mol. The van der Waals surface area contributed by atoms with Crippen molar-refractivity contribution in [2.75, 3.05) is 13.1 Å². The van der Waals surface area contributed by atoms with Crippen molar-refractivity contribution < 1.29 is 9.59 Å². The van der Waals surface area contributed by atoms with Crippen LogP contribution >= 0.6 is 12.4 Å². The van der Waals surface area contributed by atoms with Gasteiger partial charge in [-0.2, -0.15) is 0 Å². The van der Waals surface area contributed by atoms with E-state index in [4.69, 9.17) is 5.73 Å². The summed E-state index contributed by atoms with van der Waals surface area (Å²) in [5.74, 6) is 0.198. The normalized spacial score (nSPS) is 10.8. The summed E-state index contributed by atoms with van der Waals surface area (Å²) < 4.78 is 0. The topological polar surface area (TPSA) is 84.2 Å². The first kappa shape index (κ1) is 19.5. The highest BCUT2D eigenvalue weighted by molar-refractivity contribution is 5.85. The van der Waals surface area contributed by atoms with E-state index in [9.17, 15) is 9.59 Å². The van der Waals surface area contributed by atoms with Crippen molar-refractivity contribution >= 4 is 24.2 Å². The van der Waals surface area contributed by atoms with E-state index < -0.39 is 5.54 Å². The highest BCUT2D eigenvalue weighted by Gasteiger charge is 2.18. The molecule has 0 heterocycles. The lowest BCUT2D eigenvalue weighted by molar-refractivity contribution is -0.127. The number of nitrogens with two attached hydrogens (primary N) is 1. The third-order valence-electron chi connectivity index (χ3n) is 2.38. The lowest BCUT2D eigenvalue weighted by Gasteiger charge is -2.24. The summed E-state index contributed by atoms with van der Waals surface area (Å²) in [7, 11) is 0. The fraction of sp³-hybridized carbons (Fsp3) is 0.833. The van der Waals surface area contributed by atoms with Crippen molar-refractivity contribution in [3.8, 4) is 0 Å². The first-order valence-electron chi connectivity index (χ1n) is 6.04. The van der Waals surface area contributed by atoms with Gasteiger partial charge in [-0.3, -0.25) is 9.59 Å². The molecule has 0 fully saturated rings. The molecular formula is C12H26ClN3O2. The van der Waals surface area contributed by atoms with Crippen molar-refractivity contribution in [3.63, 3.8) is 0 Å². The zero-order chi connectivity index (χ0) is 13.5. The van der Waals surface area contributed by atoms with Crippen LogP contribution in [0.2, 0.25) is 0 Å². The van der Waals surface area contributed by atoms with Gasteiger partial charge in [0.15, 0.2) is 0 Å².